The lowest BCUT2D eigenvalue weighted by atomic mass is 10.2. The molecule has 0 aliphatic rings. The molecule has 1 heterocycles. The molecule has 18 heavy (non-hydrogen) atoms. The van der Waals surface area contributed by atoms with E-state index in [0.29, 0.717) is 11.4 Å². The molecular formula is C14H14N2O2. The number of aryl methyl sites for hydroxylation is 1. The number of benzene rings is 1. The van der Waals surface area contributed by atoms with Gasteiger partial charge in [0, 0.05) is 6.20 Å². The Balaban J connectivity index is 1.83. The van der Waals surface area contributed by atoms with Crippen LogP contribution in [0.5, 0.6) is 5.75 Å². The third kappa shape index (κ3) is 3.59. The maximum atomic E-state index is 11.6. The molecule has 4 nitrogen and oxygen atoms in total. The summed E-state index contributed by atoms with van der Waals surface area (Å²) in [6, 6.07) is 11.1. The molecule has 1 N–H and O–H groups in total. The van der Waals surface area contributed by atoms with Gasteiger partial charge in [-0.25, -0.2) is 0 Å². The van der Waals surface area contributed by atoms with Crippen molar-refractivity contribution in [3.05, 3.63) is 54.4 Å². The summed E-state index contributed by atoms with van der Waals surface area (Å²) in [6.45, 7) is 1.98. The van der Waals surface area contributed by atoms with Crippen LogP contribution in [0, 0.1) is 6.92 Å². The molecular weight excluding hydrogens is 228 g/mol. The van der Waals surface area contributed by atoms with Crippen LogP contribution in [0.3, 0.4) is 0 Å². The molecule has 1 aromatic carbocycles. The van der Waals surface area contributed by atoms with Crippen LogP contribution < -0.4 is 10.1 Å². The predicted octanol–water partition coefficient (Wildman–Crippen LogP) is 2.41. The molecule has 2 rings (SSSR count). The zero-order valence-corrected chi connectivity index (χ0v) is 10.1. The van der Waals surface area contributed by atoms with Gasteiger partial charge in [0.25, 0.3) is 5.91 Å². The van der Waals surface area contributed by atoms with Crippen molar-refractivity contribution >= 4 is 11.6 Å². The molecule has 1 amide bonds. The Morgan fingerprint density at radius 3 is 2.72 bits per heavy atom. The van der Waals surface area contributed by atoms with Gasteiger partial charge in [0.15, 0.2) is 6.61 Å². The first-order valence-electron chi connectivity index (χ1n) is 5.63. The zero-order chi connectivity index (χ0) is 12.8. The van der Waals surface area contributed by atoms with Gasteiger partial charge in [0.05, 0.1) is 11.9 Å². The summed E-state index contributed by atoms with van der Waals surface area (Å²) in [5.74, 6) is 0.477. The molecule has 0 fully saturated rings. The molecule has 0 saturated heterocycles. The number of nitrogens with one attached hydrogen (secondary N) is 1. The van der Waals surface area contributed by atoms with Crippen LogP contribution in [-0.4, -0.2) is 17.5 Å². The minimum Gasteiger partial charge on any atom is -0.484 e. The number of aromatic nitrogens is 1. The molecule has 92 valence electrons. The van der Waals surface area contributed by atoms with Crippen LogP contribution in [0.2, 0.25) is 0 Å². The highest BCUT2D eigenvalue weighted by Gasteiger charge is 2.03. The topological polar surface area (TPSA) is 51.2 Å². The second kappa shape index (κ2) is 5.82. The van der Waals surface area contributed by atoms with E-state index in [4.69, 9.17) is 4.74 Å². The number of hydrogen-bond donors (Lipinski definition) is 1. The first-order valence-corrected chi connectivity index (χ1v) is 5.63. The van der Waals surface area contributed by atoms with Gasteiger partial charge in [0.2, 0.25) is 0 Å². The molecule has 0 bridgehead atoms. The minimum absolute atomic E-state index is 0.0159. The number of pyridine rings is 1. The summed E-state index contributed by atoms with van der Waals surface area (Å²) >= 11 is 0. The van der Waals surface area contributed by atoms with E-state index in [0.717, 1.165) is 5.56 Å². The van der Waals surface area contributed by atoms with Crippen molar-refractivity contribution < 1.29 is 9.53 Å². The summed E-state index contributed by atoms with van der Waals surface area (Å²) in [6.07, 6.45) is 3.24. The van der Waals surface area contributed by atoms with Gasteiger partial charge in [-0.3, -0.25) is 9.78 Å². The molecule has 0 atom stereocenters. The average molecular weight is 242 g/mol. The summed E-state index contributed by atoms with van der Waals surface area (Å²) in [5.41, 5.74) is 1.82. The maximum absolute atomic E-state index is 11.6. The Labute approximate surface area is 106 Å². The second-order valence-electron chi connectivity index (χ2n) is 3.89. The monoisotopic (exact) mass is 242 g/mol. The van der Waals surface area contributed by atoms with Crippen molar-refractivity contribution in [3.8, 4) is 5.75 Å². The molecule has 0 radical (unpaired) electrons. The van der Waals surface area contributed by atoms with Crippen LogP contribution in [0.15, 0.2) is 48.8 Å². The second-order valence-corrected chi connectivity index (χ2v) is 3.89. The zero-order valence-electron chi connectivity index (χ0n) is 10.1. The Kier molecular flexibility index (Phi) is 3.91. The van der Waals surface area contributed by atoms with E-state index in [-0.39, 0.29) is 12.5 Å². The van der Waals surface area contributed by atoms with Gasteiger partial charge in [-0.2, -0.15) is 0 Å². The third-order valence-electron chi connectivity index (χ3n) is 2.34. The molecule has 0 aliphatic carbocycles. The Morgan fingerprint density at radius 2 is 2.06 bits per heavy atom. The Bertz CT molecular complexity index is 509. The lowest BCUT2D eigenvalue weighted by molar-refractivity contribution is -0.118. The number of anilines is 1. The summed E-state index contributed by atoms with van der Waals surface area (Å²) in [4.78, 5) is 15.5. The molecule has 2 aromatic rings. The fourth-order valence-electron chi connectivity index (χ4n) is 1.42. The first kappa shape index (κ1) is 12.1. The van der Waals surface area contributed by atoms with E-state index >= 15 is 0 Å². The average Bonchev–Trinajstić information content (AvgIpc) is 2.39. The quantitative estimate of drug-likeness (QED) is 0.895. The lowest BCUT2D eigenvalue weighted by Gasteiger charge is -2.07. The van der Waals surface area contributed by atoms with Crippen molar-refractivity contribution in [1.82, 2.24) is 4.98 Å². The molecule has 4 heteroatoms. The molecule has 0 unspecified atom stereocenters. The fourth-order valence-corrected chi connectivity index (χ4v) is 1.42. The fraction of sp³-hybridized carbons (Fsp3) is 0.143. The van der Waals surface area contributed by atoms with Gasteiger partial charge < -0.3 is 10.1 Å². The number of carbonyl (C=O) groups is 1. The van der Waals surface area contributed by atoms with Gasteiger partial charge in [-0.05, 0) is 31.2 Å². The highest BCUT2D eigenvalue weighted by Crippen LogP contribution is 2.11. The Hall–Kier alpha value is -2.36. The molecule has 0 spiro atoms. The molecule has 0 saturated carbocycles. The lowest BCUT2D eigenvalue weighted by Crippen LogP contribution is -2.20. The van der Waals surface area contributed by atoms with E-state index in [1.54, 1.807) is 24.5 Å². The van der Waals surface area contributed by atoms with Crippen molar-refractivity contribution in [2.75, 3.05) is 11.9 Å². The molecule has 1 aromatic heterocycles. The van der Waals surface area contributed by atoms with Crippen molar-refractivity contribution in [2.45, 2.75) is 6.92 Å². The van der Waals surface area contributed by atoms with Crippen LogP contribution in [-0.2, 0) is 4.79 Å². The molecule has 0 aliphatic heterocycles. The summed E-state index contributed by atoms with van der Waals surface area (Å²) in [5, 5.41) is 2.70. The number of nitrogens with zero attached hydrogens (tertiary/aromatic N) is 1. The third-order valence-corrected chi connectivity index (χ3v) is 2.34. The smallest absolute Gasteiger partial charge is 0.262 e. The first-order chi connectivity index (χ1) is 8.74. The summed E-state index contributed by atoms with van der Waals surface area (Å²) < 4.78 is 5.36. The number of amides is 1. The SMILES string of the molecule is Cc1ccc(OCC(=O)Nc2cccnc2)cc1. The van der Waals surface area contributed by atoms with Crippen molar-refractivity contribution in [2.24, 2.45) is 0 Å². The van der Waals surface area contributed by atoms with Crippen molar-refractivity contribution in [1.29, 1.82) is 0 Å². The van der Waals surface area contributed by atoms with Crippen LogP contribution in [0.1, 0.15) is 5.56 Å². The number of ether oxygens (including phenoxy) is 1. The highest BCUT2D eigenvalue weighted by atomic mass is 16.5. The summed E-state index contributed by atoms with van der Waals surface area (Å²) in [7, 11) is 0. The number of carbonyl (C=O) groups excluding carboxylic acids is 1. The standard InChI is InChI=1S/C14H14N2O2/c1-11-4-6-13(7-5-11)18-10-14(17)16-12-3-2-8-15-9-12/h2-9H,10H2,1H3,(H,16,17). The normalized spacial score (nSPS) is 9.83. The number of rotatable bonds is 4. The van der Waals surface area contributed by atoms with Crippen molar-refractivity contribution in [3.63, 3.8) is 0 Å². The van der Waals surface area contributed by atoms with Crippen LogP contribution in [0.4, 0.5) is 5.69 Å². The van der Waals surface area contributed by atoms with Crippen LogP contribution in [0.25, 0.3) is 0 Å². The minimum atomic E-state index is -0.205. The van der Waals surface area contributed by atoms with Gasteiger partial charge in [-0.15, -0.1) is 0 Å². The van der Waals surface area contributed by atoms with Gasteiger partial charge in [0.1, 0.15) is 5.75 Å². The van der Waals surface area contributed by atoms with E-state index in [1.165, 1.54) is 0 Å². The van der Waals surface area contributed by atoms with Crippen LogP contribution >= 0.6 is 0 Å². The highest BCUT2D eigenvalue weighted by molar-refractivity contribution is 5.91. The van der Waals surface area contributed by atoms with Gasteiger partial charge in [-0.1, -0.05) is 17.7 Å². The van der Waals surface area contributed by atoms with E-state index in [9.17, 15) is 4.79 Å². The Morgan fingerprint density at radius 1 is 1.28 bits per heavy atom. The van der Waals surface area contributed by atoms with E-state index < -0.39 is 0 Å². The van der Waals surface area contributed by atoms with E-state index in [2.05, 4.69) is 10.3 Å². The van der Waals surface area contributed by atoms with Gasteiger partial charge >= 0.3 is 0 Å². The predicted molar refractivity (Wildman–Crippen MR) is 69.5 cm³/mol. The number of hydrogen-bond acceptors (Lipinski definition) is 3. The largest absolute Gasteiger partial charge is 0.484 e. The van der Waals surface area contributed by atoms with E-state index in [1.807, 2.05) is 31.2 Å². The maximum Gasteiger partial charge on any atom is 0.262 e.